The molecule has 1 unspecified atom stereocenters. The summed E-state index contributed by atoms with van der Waals surface area (Å²) >= 11 is 0. The largest absolute Gasteiger partial charge is 0.468 e. The number of carbonyl (C=O) groups is 2. The third-order valence-electron chi connectivity index (χ3n) is 10.9. The Hall–Kier alpha value is -1.40. The molecule has 3 fully saturated rings. The van der Waals surface area contributed by atoms with Crippen LogP contribution >= 0.6 is 0 Å². The number of unbranched alkanes of at least 4 members (excludes halogenated alkanes) is 1. The first kappa shape index (κ1) is 26.7. The molecule has 0 aliphatic heterocycles. The lowest BCUT2D eigenvalue weighted by atomic mass is 9.47. The first-order valence-electron chi connectivity index (χ1n) is 14.1. The molecule has 0 radical (unpaired) electrons. The van der Waals surface area contributed by atoms with E-state index in [1.807, 2.05) is 0 Å². The van der Waals surface area contributed by atoms with Gasteiger partial charge in [0, 0.05) is 12.5 Å². The van der Waals surface area contributed by atoms with Gasteiger partial charge in [-0.2, -0.15) is 0 Å². The second-order valence-electron chi connectivity index (χ2n) is 12.6. The van der Waals surface area contributed by atoms with Gasteiger partial charge in [0.15, 0.2) is 0 Å². The van der Waals surface area contributed by atoms with Gasteiger partial charge in [-0.25, -0.2) is 0 Å². The van der Waals surface area contributed by atoms with Crippen LogP contribution < -0.4 is 11.1 Å². The van der Waals surface area contributed by atoms with Crippen LogP contribution in [0.25, 0.3) is 0 Å². The van der Waals surface area contributed by atoms with E-state index >= 15 is 0 Å². The van der Waals surface area contributed by atoms with E-state index in [2.05, 4.69) is 36.9 Å². The molecule has 0 aromatic heterocycles. The van der Waals surface area contributed by atoms with Crippen molar-refractivity contribution in [3.8, 4) is 0 Å². The van der Waals surface area contributed by atoms with Gasteiger partial charge < -0.3 is 20.9 Å². The zero-order chi connectivity index (χ0) is 25.4. The van der Waals surface area contributed by atoms with Crippen molar-refractivity contribution >= 4 is 11.9 Å². The van der Waals surface area contributed by atoms with Crippen molar-refractivity contribution in [2.75, 3.05) is 13.7 Å². The van der Waals surface area contributed by atoms with Crippen LogP contribution in [0.2, 0.25) is 0 Å². The monoisotopic (exact) mass is 488 g/mol. The number of esters is 1. The SMILES string of the molecule is COC(=O)[C@@H](N)CCCCNC(=O)[C@@H](C)[C@H]1CC[C@H]2C3CC=C4C[C@@H](O)CC[C@]4(C)[C@H]3CC[C@]12C. The lowest BCUT2D eigenvalue weighted by Gasteiger charge is -2.58. The summed E-state index contributed by atoms with van der Waals surface area (Å²) in [6.07, 6.45) is 13.5. The van der Waals surface area contributed by atoms with Crippen molar-refractivity contribution in [1.82, 2.24) is 5.32 Å². The Labute approximate surface area is 211 Å². The lowest BCUT2D eigenvalue weighted by Crippen LogP contribution is -2.51. The zero-order valence-electron chi connectivity index (χ0n) is 22.4. The van der Waals surface area contributed by atoms with Gasteiger partial charge in [0.05, 0.1) is 13.2 Å². The predicted octanol–water partition coefficient (Wildman–Crippen LogP) is 4.35. The maximum Gasteiger partial charge on any atom is 0.322 e. The van der Waals surface area contributed by atoms with E-state index in [4.69, 9.17) is 5.73 Å². The number of nitrogens with one attached hydrogen (secondary N) is 1. The topological polar surface area (TPSA) is 102 Å². The first-order chi connectivity index (χ1) is 16.6. The minimum absolute atomic E-state index is 0.0222. The smallest absolute Gasteiger partial charge is 0.322 e. The van der Waals surface area contributed by atoms with Crippen LogP contribution in [0.3, 0.4) is 0 Å². The summed E-state index contributed by atoms with van der Waals surface area (Å²) < 4.78 is 4.67. The zero-order valence-corrected chi connectivity index (χ0v) is 22.4. The first-order valence-corrected chi connectivity index (χ1v) is 14.1. The summed E-state index contributed by atoms with van der Waals surface area (Å²) in [6.45, 7) is 7.72. The van der Waals surface area contributed by atoms with Crippen molar-refractivity contribution < 1.29 is 19.4 Å². The molecule has 0 bridgehead atoms. The van der Waals surface area contributed by atoms with Gasteiger partial charge >= 0.3 is 5.97 Å². The number of nitrogens with two attached hydrogens (primary N) is 1. The third-order valence-corrected chi connectivity index (χ3v) is 10.9. The standard InChI is InChI=1S/C29H48N2O4/c1-18(26(33)31-16-6-5-7-25(30)27(34)35-4)22-10-11-23-21-9-8-19-17-20(32)12-14-28(19,2)24(21)13-15-29(22,23)3/h8,18,20-25,32H,5-7,9-17,30H2,1-4H3,(H,31,33)/t18-,20-,21?,22+,23-,24-,25-,28-,29+/m0/s1. The van der Waals surface area contributed by atoms with Crippen molar-refractivity contribution in [3.05, 3.63) is 11.6 Å². The fourth-order valence-corrected chi connectivity index (χ4v) is 8.82. The summed E-state index contributed by atoms with van der Waals surface area (Å²) in [4.78, 5) is 24.5. The molecule has 4 aliphatic rings. The number of hydrogen-bond donors (Lipinski definition) is 3. The number of rotatable bonds is 8. The Kier molecular flexibility index (Phi) is 8.02. The van der Waals surface area contributed by atoms with Crippen LogP contribution in [0.5, 0.6) is 0 Å². The number of hydrogen-bond acceptors (Lipinski definition) is 5. The number of ether oxygens (including phenoxy) is 1. The summed E-state index contributed by atoms with van der Waals surface area (Å²) in [5, 5.41) is 13.4. The highest BCUT2D eigenvalue weighted by atomic mass is 16.5. The molecule has 9 atom stereocenters. The number of aliphatic hydroxyl groups is 1. The number of amides is 1. The van der Waals surface area contributed by atoms with Crippen molar-refractivity contribution in [3.63, 3.8) is 0 Å². The molecule has 4 rings (SSSR count). The second-order valence-corrected chi connectivity index (χ2v) is 12.6. The van der Waals surface area contributed by atoms with Crippen molar-refractivity contribution in [1.29, 1.82) is 0 Å². The Morgan fingerprint density at radius 2 is 1.94 bits per heavy atom. The van der Waals surface area contributed by atoms with E-state index in [9.17, 15) is 14.7 Å². The quantitative estimate of drug-likeness (QED) is 0.268. The molecular weight excluding hydrogens is 440 g/mol. The molecule has 6 heteroatoms. The second kappa shape index (κ2) is 10.5. The minimum atomic E-state index is -0.577. The van der Waals surface area contributed by atoms with Gasteiger partial charge in [0.2, 0.25) is 5.91 Å². The van der Waals surface area contributed by atoms with Crippen molar-refractivity contribution in [2.45, 2.75) is 104 Å². The molecule has 0 aromatic carbocycles. The molecule has 3 saturated carbocycles. The van der Waals surface area contributed by atoms with E-state index in [0.29, 0.717) is 24.8 Å². The van der Waals surface area contributed by atoms with Crippen LogP contribution in [-0.2, 0) is 14.3 Å². The summed E-state index contributed by atoms with van der Waals surface area (Å²) in [7, 11) is 1.36. The van der Waals surface area contributed by atoms with E-state index in [-0.39, 0.29) is 34.7 Å². The Bertz CT molecular complexity index is 827. The number of methoxy groups -OCH3 is 1. The van der Waals surface area contributed by atoms with E-state index < -0.39 is 6.04 Å². The summed E-state index contributed by atoms with van der Waals surface area (Å²) in [5.41, 5.74) is 7.82. The van der Waals surface area contributed by atoms with E-state index in [0.717, 1.165) is 56.8 Å². The summed E-state index contributed by atoms with van der Waals surface area (Å²) in [5.74, 6) is 2.41. The molecule has 1 amide bonds. The number of allylic oxidation sites excluding steroid dienone is 1. The summed E-state index contributed by atoms with van der Waals surface area (Å²) in [6, 6.07) is -0.577. The molecule has 4 N–H and O–H groups in total. The van der Waals surface area contributed by atoms with Crippen LogP contribution in [0.1, 0.15) is 91.4 Å². The average Bonchev–Trinajstić information content (AvgIpc) is 3.20. The molecule has 4 aliphatic carbocycles. The van der Waals surface area contributed by atoms with Crippen LogP contribution in [-0.4, -0.2) is 42.8 Å². The molecule has 198 valence electrons. The van der Waals surface area contributed by atoms with Gasteiger partial charge in [0.25, 0.3) is 0 Å². The lowest BCUT2D eigenvalue weighted by molar-refractivity contribution is -0.142. The molecule has 35 heavy (non-hydrogen) atoms. The van der Waals surface area contributed by atoms with Gasteiger partial charge in [-0.15, -0.1) is 0 Å². The Morgan fingerprint density at radius 1 is 1.17 bits per heavy atom. The van der Waals surface area contributed by atoms with Gasteiger partial charge in [-0.05, 0) is 105 Å². The van der Waals surface area contributed by atoms with Gasteiger partial charge in [0.1, 0.15) is 6.04 Å². The highest BCUT2D eigenvalue weighted by molar-refractivity contribution is 5.78. The minimum Gasteiger partial charge on any atom is -0.468 e. The predicted molar refractivity (Wildman–Crippen MR) is 137 cm³/mol. The maximum atomic E-state index is 13.1. The fourth-order valence-electron chi connectivity index (χ4n) is 8.82. The van der Waals surface area contributed by atoms with Crippen LogP contribution in [0, 0.1) is 40.4 Å². The average molecular weight is 489 g/mol. The van der Waals surface area contributed by atoms with Crippen LogP contribution in [0.4, 0.5) is 0 Å². The highest BCUT2D eigenvalue weighted by Gasteiger charge is 2.59. The van der Waals surface area contributed by atoms with Gasteiger partial charge in [-0.1, -0.05) is 32.4 Å². The number of carbonyl (C=O) groups excluding carboxylic acids is 2. The maximum absolute atomic E-state index is 13.1. The van der Waals surface area contributed by atoms with Gasteiger partial charge in [-0.3, -0.25) is 9.59 Å². The number of fused-ring (bicyclic) bond motifs is 5. The van der Waals surface area contributed by atoms with Crippen molar-refractivity contribution in [2.24, 2.45) is 46.2 Å². The third kappa shape index (κ3) is 4.94. The number of aliphatic hydroxyl groups excluding tert-OH is 1. The molecule has 0 aromatic rings. The normalized spacial score (nSPS) is 39.9. The molecule has 0 saturated heterocycles. The molecule has 0 heterocycles. The Morgan fingerprint density at radius 3 is 2.69 bits per heavy atom. The Balaban J connectivity index is 1.33. The fraction of sp³-hybridized carbons (Fsp3) is 0.862. The van der Waals surface area contributed by atoms with E-state index in [1.54, 1.807) is 0 Å². The molecule has 0 spiro atoms. The van der Waals surface area contributed by atoms with E-state index in [1.165, 1.54) is 31.9 Å². The van der Waals surface area contributed by atoms with Crippen LogP contribution in [0.15, 0.2) is 11.6 Å². The molecule has 6 nitrogen and oxygen atoms in total. The molecular formula is C29H48N2O4. The highest BCUT2D eigenvalue weighted by Crippen LogP contribution is 2.67.